The van der Waals surface area contributed by atoms with E-state index in [0.717, 1.165) is 11.1 Å². The SMILES string of the molecule is O=C1C(=O)[C@@H](CCc2ccccc2)C(=O)/C1=C/c1ccccc1. The van der Waals surface area contributed by atoms with E-state index in [0.29, 0.717) is 12.8 Å². The molecule has 2 aromatic carbocycles. The highest BCUT2D eigenvalue weighted by molar-refractivity contribution is 6.60. The van der Waals surface area contributed by atoms with Crippen LogP contribution in [0.2, 0.25) is 0 Å². The summed E-state index contributed by atoms with van der Waals surface area (Å²) >= 11 is 0. The Morgan fingerprint density at radius 2 is 1.39 bits per heavy atom. The third-order valence-electron chi connectivity index (χ3n) is 4.04. The monoisotopic (exact) mass is 304 g/mol. The van der Waals surface area contributed by atoms with Crippen molar-refractivity contribution in [2.24, 2.45) is 5.92 Å². The largest absolute Gasteiger partial charge is 0.293 e. The summed E-state index contributed by atoms with van der Waals surface area (Å²) in [5.74, 6) is -2.41. The van der Waals surface area contributed by atoms with Crippen LogP contribution in [0, 0.1) is 5.92 Å². The van der Waals surface area contributed by atoms with Crippen LogP contribution in [0.25, 0.3) is 6.08 Å². The van der Waals surface area contributed by atoms with E-state index in [2.05, 4.69) is 0 Å². The van der Waals surface area contributed by atoms with Crippen molar-refractivity contribution in [1.82, 2.24) is 0 Å². The Kier molecular flexibility index (Phi) is 4.29. The minimum absolute atomic E-state index is 0.0132. The maximum atomic E-state index is 12.4. The molecule has 0 unspecified atom stereocenters. The Morgan fingerprint density at radius 3 is 2.04 bits per heavy atom. The van der Waals surface area contributed by atoms with E-state index in [1.165, 1.54) is 6.08 Å². The third-order valence-corrected chi connectivity index (χ3v) is 4.04. The van der Waals surface area contributed by atoms with Gasteiger partial charge < -0.3 is 0 Å². The molecule has 1 atom stereocenters. The molecule has 0 bridgehead atoms. The van der Waals surface area contributed by atoms with Gasteiger partial charge in [0.2, 0.25) is 11.6 Å². The summed E-state index contributed by atoms with van der Waals surface area (Å²) in [6.45, 7) is 0. The lowest BCUT2D eigenvalue weighted by atomic mass is 9.96. The minimum atomic E-state index is -0.835. The zero-order chi connectivity index (χ0) is 16.2. The van der Waals surface area contributed by atoms with Crippen LogP contribution >= 0.6 is 0 Å². The molecule has 0 aliphatic heterocycles. The van der Waals surface area contributed by atoms with Crippen LogP contribution in [-0.4, -0.2) is 17.3 Å². The standard InChI is InChI=1S/C20H16O3/c21-18-16(12-11-14-7-3-1-4-8-14)19(22)20(23)17(18)13-15-9-5-2-6-10-15/h1-10,13,16H,11-12H2/b17-13-/t16-/m0/s1. The van der Waals surface area contributed by atoms with Gasteiger partial charge in [-0.1, -0.05) is 60.7 Å². The van der Waals surface area contributed by atoms with Crippen molar-refractivity contribution < 1.29 is 14.4 Å². The number of aryl methyl sites for hydroxylation is 1. The van der Waals surface area contributed by atoms with Crippen molar-refractivity contribution in [3.05, 3.63) is 77.4 Å². The molecule has 2 aromatic rings. The van der Waals surface area contributed by atoms with Crippen LogP contribution < -0.4 is 0 Å². The van der Waals surface area contributed by atoms with Crippen molar-refractivity contribution in [3.63, 3.8) is 0 Å². The van der Waals surface area contributed by atoms with Crippen LogP contribution in [0.3, 0.4) is 0 Å². The molecule has 0 N–H and O–H groups in total. The first-order chi connectivity index (χ1) is 11.2. The smallest absolute Gasteiger partial charge is 0.232 e. The molecule has 1 saturated carbocycles. The van der Waals surface area contributed by atoms with Crippen LogP contribution in [0.1, 0.15) is 17.5 Å². The van der Waals surface area contributed by atoms with E-state index < -0.39 is 17.5 Å². The zero-order valence-corrected chi connectivity index (χ0v) is 12.6. The molecule has 3 nitrogen and oxygen atoms in total. The Bertz CT molecular complexity index is 773. The number of benzene rings is 2. The maximum Gasteiger partial charge on any atom is 0.232 e. The minimum Gasteiger partial charge on any atom is -0.293 e. The summed E-state index contributed by atoms with van der Waals surface area (Å²) in [5.41, 5.74) is 1.82. The summed E-state index contributed by atoms with van der Waals surface area (Å²) in [7, 11) is 0. The van der Waals surface area contributed by atoms with Gasteiger partial charge in [0.1, 0.15) is 0 Å². The molecule has 0 radical (unpaired) electrons. The molecular weight excluding hydrogens is 288 g/mol. The van der Waals surface area contributed by atoms with Crippen molar-refractivity contribution in [1.29, 1.82) is 0 Å². The third kappa shape index (κ3) is 3.19. The number of Topliss-reactive ketones (excluding diaryl/α,β-unsaturated/α-hetero) is 3. The Balaban J connectivity index is 1.78. The Morgan fingerprint density at radius 1 is 0.783 bits per heavy atom. The molecular formula is C20H16O3. The van der Waals surface area contributed by atoms with Crippen molar-refractivity contribution in [2.45, 2.75) is 12.8 Å². The summed E-state index contributed by atoms with van der Waals surface area (Å²) in [6.07, 6.45) is 2.50. The average Bonchev–Trinajstić information content (AvgIpc) is 2.79. The van der Waals surface area contributed by atoms with Gasteiger partial charge in [-0.3, -0.25) is 14.4 Å². The molecule has 0 spiro atoms. The second-order valence-corrected chi connectivity index (χ2v) is 5.60. The first kappa shape index (κ1) is 15.1. The molecule has 1 fully saturated rings. The summed E-state index contributed by atoms with van der Waals surface area (Å²) in [4.78, 5) is 36.7. The molecule has 1 aliphatic carbocycles. The van der Waals surface area contributed by atoms with Gasteiger partial charge in [0.25, 0.3) is 0 Å². The molecule has 3 rings (SSSR count). The van der Waals surface area contributed by atoms with Gasteiger partial charge in [0.15, 0.2) is 5.78 Å². The van der Waals surface area contributed by atoms with E-state index in [4.69, 9.17) is 0 Å². The van der Waals surface area contributed by atoms with Gasteiger partial charge in [0, 0.05) is 0 Å². The fraction of sp³-hybridized carbons (Fsp3) is 0.150. The lowest BCUT2D eigenvalue weighted by Gasteiger charge is -2.05. The summed E-state index contributed by atoms with van der Waals surface area (Å²) < 4.78 is 0. The number of hydrogen-bond donors (Lipinski definition) is 0. The van der Waals surface area contributed by atoms with Crippen molar-refractivity contribution >= 4 is 23.4 Å². The molecule has 3 heteroatoms. The van der Waals surface area contributed by atoms with E-state index >= 15 is 0 Å². The second-order valence-electron chi connectivity index (χ2n) is 5.60. The fourth-order valence-corrected chi connectivity index (χ4v) is 2.78. The number of hydrogen-bond acceptors (Lipinski definition) is 3. The molecule has 0 saturated heterocycles. The number of rotatable bonds is 4. The summed E-state index contributed by atoms with van der Waals surface area (Å²) in [5, 5.41) is 0. The molecule has 1 aliphatic rings. The number of ketones is 3. The zero-order valence-electron chi connectivity index (χ0n) is 12.6. The van der Waals surface area contributed by atoms with Crippen LogP contribution in [0.15, 0.2) is 66.2 Å². The van der Waals surface area contributed by atoms with E-state index in [9.17, 15) is 14.4 Å². The molecule has 0 aromatic heterocycles. The average molecular weight is 304 g/mol. The molecule has 0 heterocycles. The van der Waals surface area contributed by atoms with Gasteiger partial charge in [-0.2, -0.15) is 0 Å². The molecule has 23 heavy (non-hydrogen) atoms. The highest BCUT2D eigenvalue weighted by Gasteiger charge is 2.43. The van der Waals surface area contributed by atoms with E-state index in [-0.39, 0.29) is 11.4 Å². The quantitative estimate of drug-likeness (QED) is 0.377. The van der Waals surface area contributed by atoms with Crippen molar-refractivity contribution in [3.8, 4) is 0 Å². The van der Waals surface area contributed by atoms with Crippen LogP contribution in [-0.2, 0) is 20.8 Å². The Hall–Kier alpha value is -2.81. The predicted octanol–water partition coefficient (Wildman–Crippen LogP) is 3.04. The van der Waals surface area contributed by atoms with Gasteiger partial charge in [-0.05, 0) is 30.0 Å². The Labute approximate surface area is 134 Å². The highest BCUT2D eigenvalue weighted by atomic mass is 16.2. The van der Waals surface area contributed by atoms with E-state index in [1.54, 1.807) is 12.1 Å². The van der Waals surface area contributed by atoms with Gasteiger partial charge in [0.05, 0.1) is 11.5 Å². The molecule has 0 amide bonds. The fourth-order valence-electron chi connectivity index (χ4n) is 2.78. The first-order valence-corrected chi connectivity index (χ1v) is 7.60. The summed E-state index contributed by atoms with van der Waals surface area (Å²) in [6, 6.07) is 18.8. The molecule has 114 valence electrons. The van der Waals surface area contributed by atoms with Gasteiger partial charge >= 0.3 is 0 Å². The number of carbonyl (C=O) groups is 3. The van der Waals surface area contributed by atoms with E-state index in [1.807, 2.05) is 48.5 Å². The normalized spacial score (nSPS) is 19.6. The number of carbonyl (C=O) groups excluding carboxylic acids is 3. The highest BCUT2D eigenvalue weighted by Crippen LogP contribution is 2.26. The second kappa shape index (κ2) is 6.53. The van der Waals surface area contributed by atoms with Crippen molar-refractivity contribution in [2.75, 3.05) is 0 Å². The number of allylic oxidation sites excluding steroid dienone is 1. The lowest BCUT2D eigenvalue weighted by molar-refractivity contribution is -0.135. The van der Waals surface area contributed by atoms with Crippen LogP contribution in [0.5, 0.6) is 0 Å². The van der Waals surface area contributed by atoms with Gasteiger partial charge in [-0.15, -0.1) is 0 Å². The van der Waals surface area contributed by atoms with Crippen LogP contribution in [0.4, 0.5) is 0 Å². The maximum absolute atomic E-state index is 12.4. The van der Waals surface area contributed by atoms with Gasteiger partial charge in [-0.25, -0.2) is 0 Å². The predicted molar refractivity (Wildman–Crippen MR) is 87.7 cm³/mol. The lowest BCUT2D eigenvalue weighted by Crippen LogP contribution is -2.17. The topological polar surface area (TPSA) is 51.2 Å². The first-order valence-electron chi connectivity index (χ1n) is 7.60.